The van der Waals surface area contributed by atoms with Gasteiger partial charge in [-0.2, -0.15) is 52.7 Å². The molecule has 0 amide bonds. The van der Waals surface area contributed by atoms with Crippen LogP contribution in [0, 0.1) is 0 Å². The van der Waals surface area contributed by atoms with Gasteiger partial charge in [0, 0.05) is 11.4 Å². The van der Waals surface area contributed by atoms with Gasteiger partial charge < -0.3 is 9.96 Å². The van der Waals surface area contributed by atoms with Crippen molar-refractivity contribution in [2.24, 2.45) is 0 Å². The van der Waals surface area contributed by atoms with Crippen molar-refractivity contribution in [3.05, 3.63) is 58.7 Å². The van der Waals surface area contributed by atoms with Crippen LogP contribution in [0.1, 0.15) is 22.3 Å². The number of benzene rings is 2. The van der Waals surface area contributed by atoms with Crippen LogP contribution in [-0.4, -0.2) is 8.40 Å². The topological polar surface area (TPSA) is 24.1 Å². The Morgan fingerprint density at radius 3 is 0.848 bits per heavy atom. The maximum atomic E-state index is 13.0. The molecule has 15 heteroatoms. The molecule has 0 unspecified atom stereocenters. The van der Waals surface area contributed by atoms with Crippen LogP contribution < -0.4 is 9.96 Å². The van der Waals surface area contributed by atoms with Crippen LogP contribution in [0.5, 0.6) is 0 Å². The van der Waals surface area contributed by atoms with Gasteiger partial charge in [-0.1, -0.05) is 0 Å². The first kappa shape index (κ1) is 26.7. The zero-order valence-electron chi connectivity index (χ0n) is 16.5. The van der Waals surface area contributed by atoms with Gasteiger partial charge in [0.2, 0.25) is 0 Å². The van der Waals surface area contributed by atoms with E-state index >= 15 is 0 Å². The van der Waals surface area contributed by atoms with Crippen molar-refractivity contribution in [3.8, 4) is 0 Å². The van der Waals surface area contributed by atoms with E-state index in [0.717, 1.165) is 0 Å². The van der Waals surface area contributed by atoms with E-state index in [9.17, 15) is 52.7 Å². The van der Waals surface area contributed by atoms with E-state index in [4.69, 9.17) is 0 Å². The Bertz CT molecular complexity index is 859. The van der Waals surface area contributed by atoms with Crippen molar-refractivity contribution in [1.29, 1.82) is 0 Å². The number of nitrogens with one attached hydrogen (secondary N) is 2. The van der Waals surface area contributed by atoms with E-state index in [0.29, 0.717) is 24.3 Å². The third-order valence-electron chi connectivity index (χ3n) is 4.09. The largest absolute Gasteiger partial charge is 0.416 e. The Balaban J connectivity index is 2.47. The first-order valence-corrected chi connectivity index (χ1v) is 11.7. The van der Waals surface area contributed by atoms with E-state index in [2.05, 4.69) is 9.96 Å². The first-order valence-electron chi connectivity index (χ1n) is 8.73. The number of rotatable bonds is 4. The van der Waals surface area contributed by atoms with Gasteiger partial charge in [-0.25, -0.2) is 0 Å². The molecular formula is C18H14F12N2Si. The van der Waals surface area contributed by atoms with Gasteiger partial charge >= 0.3 is 24.7 Å². The highest BCUT2D eigenvalue weighted by Gasteiger charge is 2.39. The van der Waals surface area contributed by atoms with E-state index in [1.807, 2.05) is 0 Å². The maximum Gasteiger partial charge on any atom is 0.416 e. The molecule has 0 heterocycles. The number of alkyl halides is 12. The van der Waals surface area contributed by atoms with Crippen molar-refractivity contribution in [2.45, 2.75) is 37.8 Å². The Labute approximate surface area is 179 Å². The highest BCUT2D eigenvalue weighted by atomic mass is 28.3. The van der Waals surface area contributed by atoms with Crippen LogP contribution >= 0.6 is 0 Å². The molecule has 2 nitrogen and oxygen atoms in total. The van der Waals surface area contributed by atoms with E-state index in [-0.39, 0.29) is 12.1 Å². The van der Waals surface area contributed by atoms with Gasteiger partial charge in [0.25, 0.3) is 8.40 Å². The fraction of sp³-hybridized carbons (Fsp3) is 0.333. The molecule has 0 saturated carbocycles. The monoisotopic (exact) mass is 514 g/mol. The number of hydrogen-bond acceptors (Lipinski definition) is 2. The molecule has 2 rings (SSSR count). The zero-order chi connectivity index (χ0) is 25.6. The Kier molecular flexibility index (Phi) is 6.73. The molecule has 0 saturated heterocycles. The third kappa shape index (κ3) is 7.20. The average molecular weight is 514 g/mol. The summed E-state index contributed by atoms with van der Waals surface area (Å²) >= 11 is 0. The van der Waals surface area contributed by atoms with Crippen LogP contribution in [0.3, 0.4) is 0 Å². The minimum atomic E-state index is -5.14. The molecule has 0 aliphatic heterocycles. The van der Waals surface area contributed by atoms with Crippen LogP contribution in [0.25, 0.3) is 0 Å². The molecule has 0 aliphatic carbocycles. The van der Waals surface area contributed by atoms with Crippen LogP contribution in [0.15, 0.2) is 36.4 Å². The molecule has 0 aromatic heterocycles. The molecular weight excluding hydrogens is 500 g/mol. The summed E-state index contributed by atoms with van der Waals surface area (Å²) in [7, 11) is -3.48. The molecule has 0 radical (unpaired) electrons. The van der Waals surface area contributed by atoms with Crippen molar-refractivity contribution >= 4 is 19.8 Å². The molecule has 0 fully saturated rings. The third-order valence-corrected chi connectivity index (χ3v) is 5.92. The minimum Gasteiger partial charge on any atom is -0.395 e. The summed E-state index contributed by atoms with van der Waals surface area (Å²) in [5, 5.41) is 0. The van der Waals surface area contributed by atoms with Crippen LogP contribution in [0.2, 0.25) is 13.1 Å². The van der Waals surface area contributed by atoms with Crippen molar-refractivity contribution in [2.75, 3.05) is 9.96 Å². The molecule has 2 aromatic rings. The fourth-order valence-electron chi connectivity index (χ4n) is 2.81. The Morgan fingerprint density at radius 1 is 0.455 bits per heavy atom. The molecule has 0 spiro atoms. The lowest BCUT2D eigenvalue weighted by Crippen LogP contribution is -2.46. The van der Waals surface area contributed by atoms with Gasteiger partial charge in [-0.05, 0) is 49.5 Å². The highest BCUT2D eigenvalue weighted by molar-refractivity contribution is 6.83. The maximum absolute atomic E-state index is 13.0. The van der Waals surface area contributed by atoms with Crippen molar-refractivity contribution in [3.63, 3.8) is 0 Å². The highest BCUT2D eigenvalue weighted by Crippen LogP contribution is 2.39. The summed E-state index contributed by atoms with van der Waals surface area (Å²) in [6.45, 7) is 2.46. The standard InChI is InChI=1S/C18H14F12N2Si/c1-33(2,31-13-5-9(15(19,20)21)3-10(6-13)16(22,23)24)32-14-7-11(17(25,26)27)4-12(8-14)18(28,29)30/h3-8,31-32H,1-2H3. The molecule has 184 valence electrons. The number of halogens is 12. The summed E-state index contributed by atoms with van der Waals surface area (Å²) in [5.41, 5.74) is -7.87. The van der Waals surface area contributed by atoms with Gasteiger partial charge in [-0.15, -0.1) is 0 Å². The van der Waals surface area contributed by atoms with E-state index < -0.39 is 66.7 Å². The molecule has 0 atom stereocenters. The lowest BCUT2D eigenvalue weighted by Gasteiger charge is -2.29. The predicted octanol–water partition coefficient (Wildman–Crippen LogP) is 7.99. The molecule has 0 bridgehead atoms. The second-order valence-corrected chi connectivity index (χ2v) is 11.2. The summed E-state index contributed by atoms with van der Waals surface area (Å²) in [6, 6.07) is 1.21. The Morgan fingerprint density at radius 2 is 0.667 bits per heavy atom. The lowest BCUT2D eigenvalue weighted by molar-refractivity contribution is -0.144. The fourth-order valence-corrected chi connectivity index (χ4v) is 4.60. The second kappa shape index (κ2) is 8.33. The molecule has 2 N–H and O–H groups in total. The van der Waals surface area contributed by atoms with Gasteiger partial charge in [0.05, 0.1) is 22.3 Å². The first-order chi connectivity index (χ1) is 14.6. The summed E-state index contributed by atoms with van der Waals surface area (Å²) < 4.78 is 156. The molecule has 2 aromatic carbocycles. The number of hydrogen-bond donors (Lipinski definition) is 2. The quantitative estimate of drug-likeness (QED) is 0.319. The SMILES string of the molecule is C[Si](C)(Nc1cc(C(F)(F)F)cc(C(F)(F)F)c1)Nc1cc(C(F)(F)F)cc(C(F)(F)F)c1. The Hall–Kier alpha value is -2.58. The van der Waals surface area contributed by atoms with Crippen molar-refractivity contribution in [1.82, 2.24) is 0 Å². The minimum absolute atomic E-state index is 0.116. The normalized spacial score (nSPS) is 13.8. The van der Waals surface area contributed by atoms with E-state index in [1.54, 1.807) is 0 Å². The van der Waals surface area contributed by atoms with Crippen molar-refractivity contribution < 1.29 is 52.7 Å². The smallest absolute Gasteiger partial charge is 0.395 e. The van der Waals surface area contributed by atoms with Gasteiger partial charge in [-0.3, -0.25) is 0 Å². The molecule has 0 aliphatic rings. The predicted molar refractivity (Wildman–Crippen MR) is 97.6 cm³/mol. The van der Waals surface area contributed by atoms with Crippen LogP contribution in [-0.2, 0) is 24.7 Å². The van der Waals surface area contributed by atoms with E-state index in [1.165, 1.54) is 13.1 Å². The summed E-state index contributed by atoms with van der Waals surface area (Å²) in [5.74, 6) is 0. The van der Waals surface area contributed by atoms with Gasteiger partial charge in [0.15, 0.2) is 0 Å². The zero-order valence-corrected chi connectivity index (χ0v) is 17.5. The lowest BCUT2D eigenvalue weighted by atomic mass is 10.1. The van der Waals surface area contributed by atoms with Crippen LogP contribution in [0.4, 0.5) is 64.1 Å². The summed E-state index contributed by atoms with van der Waals surface area (Å²) in [4.78, 5) is 4.75. The average Bonchev–Trinajstić information content (AvgIpc) is 2.57. The molecule has 33 heavy (non-hydrogen) atoms. The summed E-state index contributed by atoms with van der Waals surface area (Å²) in [6.07, 6.45) is -20.6. The number of anilines is 2. The second-order valence-electron chi connectivity index (χ2n) is 7.46. The van der Waals surface area contributed by atoms with Gasteiger partial charge in [0.1, 0.15) is 0 Å².